The minimum absolute atomic E-state index is 0.0870. The molecule has 5 rings (SSSR count). The molecule has 0 N–H and O–H groups in total. The van der Waals surface area contributed by atoms with Gasteiger partial charge in [-0.1, -0.05) is 48.2 Å². The van der Waals surface area contributed by atoms with Crippen molar-refractivity contribution in [3.8, 4) is 17.1 Å². The first-order valence-corrected chi connectivity index (χ1v) is 12.4. The number of anilines is 2. The molecule has 5 aromatic rings. The predicted octanol–water partition coefficient (Wildman–Crippen LogP) is 5.55. The zero-order chi connectivity index (χ0) is 23.3. The molecule has 168 valence electrons. The molecule has 34 heavy (non-hydrogen) atoms. The minimum atomic E-state index is -0.0870. The Morgan fingerprint density at radius 2 is 1.76 bits per heavy atom. The molecule has 0 atom stereocenters. The second-order valence-corrected chi connectivity index (χ2v) is 9.12. The zero-order valence-electron chi connectivity index (χ0n) is 18.3. The number of hydrogen-bond donors (Lipinski definition) is 0. The predicted molar refractivity (Wildman–Crippen MR) is 136 cm³/mol. The van der Waals surface area contributed by atoms with E-state index in [0.717, 1.165) is 22.6 Å². The maximum absolute atomic E-state index is 13.5. The molecule has 3 heterocycles. The van der Waals surface area contributed by atoms with E-state index in [2.05, 4.69) is 20.2 Å². The van der Waals surface area contributed by atoms with Crippen LogP contribution in [0.25, 0.3) is 17.1 Å². The van der Waals surface area contributed by atoms with Gasteiger partial charge in [0.25, 0.3) is 0 Å². The average Bonchev–Trinajstić information content (AvgIpc) is 3.51. The van der Waals surface area contributed by atoms with Crippen molar-refractivity contribution >= 4 is 39.8 Å². The Morgan fingerprint density at radius 3 is 2.44 bits per heavy atom. The third kappa shape index (κ3) is 4.61. The van der Waals surface area contributed by atoms with E-state index in [9.17, 15) is 4.79 Å². The fourth-order valence-corrected chi connectivity index (χ4v) is 5.07. The number of hydrogen-bond acceptors (Lipinski definition) is 7. The van der Waals surface area contributed by atoms with E-state index < -0.39 is 0 Å². The number of nitrogens with zero attached hydrogens (tertiary/aromatic N) is 6. The highest BCUT2D eigenvalue weighted by molar-refractivity contribution is 7.99. The van der Waals surface area contributed by atoms with Crippen LogP contribution < -0.4 is 4.90 Å². The molecule has 0 unspecified atom stereocenters. The lowest BCUT2D eigenvalue weighted by Crippen LogP contribution is -2.27. The summed E-state index contributed by atoms with van der Waals surface area (Å²) in [7, 11) is 0. The Balaban J connectivity index is 1.46. The number of thiazole rings is 1. The molecule has 0 radical (unpaired) electrons. The van der Waals surface area contributed by atoms with Gasteiger partial charge in [0, 0.05) is 29.0 Å². The lowest BCUT2D eigenvalue weighted by atomic mass is 10.2. The van der Waals surface area contributed by atoms with E-state index in [1.165, 1.54) is 23.1 Å². The number of benzene rings is 2. The monoisotopic (exact) mass is 484 g/mol. The number of carbonyl (C=O) groups is 1. The lowest BCUT2D eigenvalue weighted by Gasteiger charge is -2.20. The number of aryl methyl sites for hydroxylation is 1. The van der Waals surface area contributed by atoms with E-state index >= 15 is 0 Å². The minimum Gasteiger partial charge on any atom is -0.273 e. The number of rotatable bonds is 7. The standard InChI is InChI=1S/C25H20N6OS2/c1-18-16-33-24(27-18)30(20-10-4-2-5-11-20)22(32)17-34-25-29-28-23(19-9-8-14-26-15-19)31(25)21-12-6-3-7-13-21/h2-16H,17H2,1H3. The van der Waals surface area contributed by atoms with Crippen LogP contribution >= 0.6 is 23.1 Å². The third-order valence-corrected chi connectivity index (χ3v) is 6.81. The van der Waals surface area contributed by atoms with Crippen LogP contribution in [0.3, 0.4) is 0 Å². The molecule has 0 spiro atoms. The smallest absolute Gasteiger partial charge is 0.243 e. The van der Waals surface area contributed by atoms with Crippen LogP contribution in [0.2, 0.25) is 0 Å². The van der Waals surface area contributed by atoms with Gasteiger partial charge >= 0.3 is 0 Å². The van der Waals surface area contributed by atoms with E-state index in [0.29, 0.717) is 16.1 Å². The van der Waals surface area contributed by atoms with Crippen molar-refractivity contribution in [1.29, 1.82) is 0 Å². The van der Waals surface area contributed by atoms with Crippen LogP contribution in [0, 0.1) is 6.92 Å². The van der Waals surface area contributed by atoms with Gasteiger partial charge in [-0.15, -0.1) is 21.5 Å². The molecule has 7 nitrogen and oxygen atoms in total. The summed E-state index contributed by atoms with van der Waals surface area (Å²) in [4.78, 5) is 23.9. The Morgan fingerprint density at radius 1 is 1.00 bits per heavy atom. The highest BCUT2D eigenvalue weighted by Gasteiger charge is 2.23. The van der Waals surface area contributed by atoms with Gasteiger partial charge in [0.05, 0.1) is 17.1 Å². The van der Waals surface area contributed by atoms with E-state index in [4.69, 9.17) is 0 Å². The normalized spacial score (nSPS) is 10.9. The maximum Gasteiger partial charge on any atom is 0.243 e. The number of amides is 1. The molecule has 0 aliphatic carbocycles. The van der Waals surface area contributed by atoms with Crippen molar-refractivity contribution in [3.05, 3.63) is 96.3 Å². The number of pyridine rings is 1. The van der Waals surface area contributed by atoms with Gasteiger partial charge in [-0.05, 0) is 43.3 Å². The zero-order valence-corrected chi connectivity index (χ0v) is 19.9. The molecule has 2 aromatic carbocycles. The quantitative estimate of drug-likeness (QED) is 0.282. The summed E-state index contributed by atoms with van der Waals surface area (Å²) in [5, 5.41) is 12.1. The van der Waals surface area contributed by atoms with Crippen molar-refractivity contribution in [3.63, 3.8) is 0 Å². The van der Waals surface area contributed by atoms with E-state index in [-0.39, 0.29) is 11.7 Å². The maximum atomic E-state index is 13.5. The molecule has 9 heteroatoms. The third-order valence-electron chi connectivity index (χ3n) is 4.95. The van der Waals surface area contributed by atoms with Gasteiger partial charge in [0.2, 0.25) is 5.91 Å². The number of aromatic nitrogens is 5. The first-order valence-electron chi connectivity index (χ1n) is 10.5. The topological polar surface area (TPSA) is 76.8 Å². The van der Waals surface area contributed by atoms with Crippen LogP contribution in [-0.4, -0.2) is 36.4 Å². The highest BCUT2D eigenvalue weighted by atomic mass is 32.2. The summed E-state index contributed by atoms with van der Waals surface area (Å²) < 4.78 is 1.95. The summed E-state index contributed by atoms with van der Waals surface area (Å²) in [5.41, 5.74) is 3.42. The Labute approximate surface area is 205 Å². The molecule has 0 bridgehead atoms. The van der Waals surface area contributed by atoms with Gasteiger partial charge in [0.1, 0.15) is 0 Å². The number of carbonyl (C=O) groups excluding carboxylic acids is 1. The van der Waals surface area contributed by atoms with Gasteiger partial charge in [-0.25, -0.2) is 4.98 Å². The number of para-hydroxylation sites is 2. The highest BCUT2D eigenvalue weighted by Crippen LogP contribution is 2.31. The summed E-state index contributed by atoms with van der Waals surface area (Å²) in [6.45, 7) is 1.92. The summed E-state index contributed by atoms with van der Waals surface area (Å²) in [6, 6.07) is 23.2. The molecule has 3 aromatic heterocycles. The van der Waals surface area contributed by atoms with Crippen LogP contribution in [0.1, 0.15) is 5.69 Å². The molecule has 0 saturated carbocycles. The van der Waals surface area contributed by atoms with Gasteiger partial charge in [-0.2, -0.15) is 0 Å². The molecule has 0 aliphatic heterocycles. The summed E-state index contributed by atoms with van der Waals surface area (Å²) in [6.07, 6.45) is 3.48. The lowest BCUT2D eigenvalue weighted by molar-refractivity contribution is -0.115. The SMILES string of the molecule is Cc1csc(N(C(=O)CSc2nnc(-c3cccnc3)n2-c2ccccc2)c2ccccc2)n1. The molecular formula is C25H20N6OS2. The van der Waals surface area contributed by atoms with E-state index in [1.54, 1.807) is 17.3 Å². The second-order valence-electron chi connectivity index (χ2n) is 7.34. The van der Waals surface area contributed by atoms with E-state index in [1.807, 2.05) is 89.7 Å². The van der Waals surface area contributed by atoms with Crippen molar-refractivity contribution < 1.29 is 4.79 Å². The Bertz CT molecular complexity index is 1390. The van der Waals surface area contributed by atoms with Crippen LogP contribution in [0.5, 0.6) is 0 Å². The molecule has 0 aliphatic rings. The fourth-order valence-electron chi connectivity index (χ4n) is 3.43. The van der Waals surface area contributed by atoms with Crippen LogP contribution in [0.15, 0.2) is 95.7 Å². The van der Waals surface area contributed by atoms with Crippen LogP contribution in [0.4, 0.5) is 10.8 Å². The van der Waals surface area contributed by atoms with Gasteiger partial charge in [0.15, 0.2) is 16.1 Å². The average molecular weight is 485 g/mol. The largest absolute Gasteiger partial charge is 0.273 e. The Hall–Kier alpha value is -3.82. The van der Waals surface area contributed by atoms with Crippen molar-refractivity contribution in [2.24, 2.45) is 0 Å². The summed E-state index contributed by atoms with van der Waals surface area (Å²) in [5.74, 6) is 0.756. The summed E-state index contributed by atoms with van der Waals surface area (Å²) >= 11 is 2.79. The second kappa shape index (κ2) is 9.98. The van der Waals surface area contributed by atoms with Crippen molar-refractivity contribution in [2.75, 3.05) is 10.7 Å². The molecule has 0 saturated heterocycles. The first kappa shape index (κ1) is 22.0. The van der Waals surface area contributed by atoms with Gasteiger partial charge < -0.3 is 0 Å². The Kier molecular flexibility index (Phi) is 6.46. The molecule has 1 amide bonds. The fraction of sp³-hybridized carbons (Fsp3) is 0.0800. The number of thioether (sulfide) groups is 1. The molecular weight excluding hydrogens is 464 g/mol. The van der Waals surface area contributed by atoms with Crippen molar-refractivity contribution in [1.82, 2.24) is 24.7 Å². The first-order chi connectivity index (χ1) is 16.7. The van der Waals surface area contributed by atoms with Crippen LogP contribution in [-0.2, 0) is 4.79 Å². The van der Waals surface area contributed by atoms with Gasteiger partial charge in [-0.3, -0.25) is 19.2 Å². The van der Waals surface area contributed by atoms with Crippen molar-refractivity contribution in [2.45, 2.75) is 12.1 Å². The molecule has 0 fully saturated rings.